The summed E-state index contributed by atoms with van der Waals surface area (Å²) in [6.45, 7) is 7.88. The number of esters is 2. The van der Waals surface area contributed by atoms with Gasteiger partial charge in [-0.25, -0.2) is 9.78 Å². The zero-order chi connectivity index (χ0) is 27.4. The maximum Gasteiger partial charge on any atom is 0.329 e. The second-order valence-electron chi connectivity index (χ2n) is 9.42. The number of hydrogen-bond acceptors (Lipinski definition) is 10. The number of aromatic nitrogens is 1. The van der Waals surface area contributed by atoms with Crippen molar-refractivity contribution >= 4 is 17.8 Å². The molecule has 11 nitrogen and oxygen atoms in total. The fourth-order valence-corrected chi connectivity index (χ4v) is 4.16. The molecule has 0 aromatic carbocycles. The highest BCUT2D eigenvalue weighted by molar-refractivity contribution is 5.98. The lowest BCUT2D eigenvalue weighted by Gasteiger charge is -2.31. The van der Waals surface area contributed by atoms with E-state index in [0.717, 1.165) is 12.8 Å². The molecular weight excluding hydrogens is 484 g/mol. The standard InChI is InChI=1S/C26H40N2O9/c1-16(2)14-34-23-17(3)37-26(31)20(9-7-8-19(23)11-13-32-5)28-25(30)22-24(36-15-35-18(4)29)21(33-6)10-12-27-22/h10,12,16-17,19-20,23H,7-9,11,13-15H2,1-6H3,(H,28,30)/t17-,19+,20-,23-/m0/s1. The highest BCUT2D eigenvalue weighted by Gasteiger charge is 2.35. The largest absolute Gasteiger partial charge is 0.493 e. The van der Waals surface area contributed by atoms with Gasteiger partial charge in [0.2, 0.25) is 6.79 Å². The van der Waals surface area contributed by atoms with Gasteiger partial charge in [0.25, 0.3) is 5.91 Å². The van der Waals surface area contributed by atoms with Crippen LogP contribution in [0.2, 0.25) is 0 Å². The Morgan fingerprint density at radius 2 is 2.00 bits per heavy atom. The van der Waals surface area contributed by atoms with Crippen molar-refractivity contribution < 1.29 is 42.8 Å². The molecule has 0 aliphatic carbocycles. The highest BCUT2D eigenvalue weighted by atomic mass is 16.7. The zero-order valence-electron chi connectivity index (χ0n) is 22.6. The van der Waals surface area contributed by atoms with E-state index in [1.807, 2.05) is 6.92 Å². The Bertz CT molecular complexity index is 893. The van der Waals surface area contributed by atoms with Crippen LogP contribution in [0.25, 0.3) is 0 Å². The summed E-state index contributed by atoms with van der Waals surface area (Å²) in [7, 11) is 3.06. The number of carbonyl (C=O) groups is 3. The lowest BCUT2D eigenvalue weighted by Crippen LogP contribution is -2.45. The summed E-state index contributed by atoms with van der Waals surface area (Å²) in [5, 5.41) is 2.73. The Labute approximate surface area is 218 Å². The smallest absolute Gasteiger partial charge is 0.329 e. The molecule has 0 spiro atoms. The molecule has 2 rings (SSSR count). The quantitative estimate of drug-likeness (QED) is 0.322. The van der Waals surface area contributed by atoms with Crippen LogP contribution in [0.15, 0.2) is 12.3 Å². The fourth-order valence-electron chi connectivity index (χ4n) is 4.16. The van der Waals surface area contributed by atoms with Crippen LogP contribution in [0.3, 0.4) is 0 Å². The molecule has 208 valence electrons. The molecule has 1 saturated heterocycles. The summed E-state index contributed by atoms with van der Waals surface area (Å²) in [5.41, 5.74) is -0.108. The molecule has 2 heterocycles. The third-order valence-electron chi connectivity index (χ3n) is 5.97. The van der Waals surface area contributed by atoms with E-state index in [4.69, 9.17) is 28.4 Å². The molecule has 1 aromatic rings. The number of rotatable bonds is 12. The van der Waals surface area contributed by atoms with Crippen molar-refractivity contribution in [3.05, 3.63) is 18.0 Å². The van der Waals surface area contributed by atoms with Crippen molar-refractivity contribution in [3.63, 3.8) is 0 Å². The lowest BCUT2D eigenvalue weighted by molar-refractivity contribution is -0.162. The Kier molecular flexibility index (Phi) is 12.6. The molecule has 11 heteroatoms. The van der Waals surface area contributed by atoms with Crippen LogP contribution in [0.5, 0.6) is 11.5 Å². The molecule has 1 aliphatic heterocycles. The van der Waals surface area contributed by atoms with Crippen molar-refractivity contribution in [1.82, 2.24) is 10.3 Å². The molecule has 4 atom stereocenters. The molecule has 0 radical (unpaired) electrons. The van der Waals surface area contributed by atoms with Gasteiger partial charge in [-0.05, 0) is 38.0 Å². The van der Waals surface area contributed by atoms with E-state index < -0.39 is 36.8 Å². The minimum absolute atomic E-state index is 0.00432. The summed E-state index contributed by atoms with van der Waals surface area (Å²) in [5.74, 6) is -1.04. The summed E-state index contributed by atoms with van der Waals surface area (Å²) in [4.78, 5) is 41.5. The topological polar surface area (TPSA) is 132 Å². The van der Waals surface area contributed by atoms with E-state index in [0.29, 0.717) is 32.0 Å². The van der Waals surface area contributed by atoms with Crippen LogP contribution in [-0.2, 0) is 28.5 Å². The third kappa shape index (κ3) is 9.47. The van der Waals surface area contributed by atoms with E-state index in [9.17, 15) is 14.4 Å². The molecule has 1 aromatic heterocycles. The van der Waals surface area contributed by atoms with Gasteiger partial charge in [-0.2, -0.15) is 0 Å². The first-order valence-corrected chi connectivity index (χ1v) is 12.6. The first-order valence-electron chi connectivity index (χ1n) is 12.6. The molecule has 1 amide bonds. The summed E-state index contributed by atoms with van der Waals surface area (Å²) < 4.78 is 32.8. The Morgan fingerprint density at radius 3 is 2.65 bits per heavy atom. The molecule has 1 N–H and O–H groups in total. The monoisotopic (exact) mass is 524 g/mol. The van der Waals surface area contributed by atoms with Gasteiger partial charge in [0.1, 0.15) is 12.1 Å². The van der Waals surface area contributed by atoms with Crippen LogP contribution in [-0.4, -0.2) is 75.3 Å². The highest BCUT2D eigenvalue weighted by Crippen LogP contribution is 2.30. The van der Waals surface area contributed by atoms with Crippen molar-refractivity contribution in [3.8, 4) is 11.5 Å². The Hall–Kier alpha value is -2.92. The van der Waals surface area contributed by atoms with Gasteiger partial charge in [0, 0.05) is 39.5 Å². The fraction of sp³-hybridized carbons (Fsp3) is 0.692. The number of ether oxygens (including phenoxy) is 6. The molecule has 1 aliphatic rings. The predicted octanol–water partition coefficient (Wildman–Crippen LogP) is 2.90. The molecule has 0 bridgehead atoms. The van der Waals surface area contributed by atoms with Gasteiger partial charge in [-0.3, -0.25) is 9.59 Å². The molecular formula is C26H40N2O9. The summed E-state index contributed by atoms with van der Waals surface area (Å²) in [6.07, 6.45) is 3.20. The van der Waals surface area contributed by atoms with Gasteiger partial charge < -0.3 is 33.7 Å². The van der Waals surface area contributed by atoms with Crippen molar-refractivity contribution in [2.24, 2.45) is 11.8 Å². The SMILES string of the molecule is COCC[C@H]1CCC[C@H](NC(=O)c2nccc(OC)c2OCOC(C)=O)C(=O)O[C@@H](C)[C@@H]1OCC(C)C. The second kappa shape index (κ2) is 15.4. The average molecular weight is 525 g/mol. The van der Waals surface area contributed by atoms with E-state index in [1.165, 1.54) is 26.3 Å². The second-order valence-corrected chi connectivity index (χ2v) is 9.42. The first kappa shape index (κ1) is 30.3. The normalized spacial score (nSPS) is 22.3. The third-order valence-corrected chi connectivity index (χ3v) is 5.97. The number of methoxy groups -OCH3 is 2. The Balaban J connectivity index is 2.20. The molecule has 1 fully saturated rings. The van der Waals surface area contributed by atoms with Crippen LogP contribution < -0.4 is 14.8 Å². The van der Waals surface area contributed by atoms with Crippen molar-refractivity contribution in [2.45, 2.75) is 71.6 Å². The van der Waals surface area contributed by atoms with Crippen LogP contribution in [0.4, 0.5) is 0 Å². The maximum absolute atomic E-state index is 13.2. The number of amides is 1. The summed E-state index contributed by atoms with van der Waals surface area (Å²) in [6, 6.07) is 0.615. The zero-order valence-corrected chi connectivity index (χ0v) is 22.6. The van der Waals surface area contributed by atoms with Crippen molar-refractivity contribution in [2.75, 3.05) is 34.2 Å². The number of carbonyl (C=O) groups excluding carboxylic acids is 3. The van der Waals surface area contributed by atoms with Crippen LogP contribution in [0.1, 0.15) is 63.9 Å². The molecule has 0 unspecified atom stereocenters. The van der Waals surface area contributed by atoms with E-state index in [-0.39, 0.29) is 29.2 Å². The van der Waals surface area contributed by atoms with Gasteiger partial charge in [0.05, 0.1) is 13.2 Å². The Morgan fingerprint density at radius 1 is 1.24 bits per heavy atom. The minimum atomic E-state index is -0.892. The molecule has 0 saturated carbocycles. The number of nitrogens with one attached hydrogen (secondary N) is 1. The maximum atomic E-state index is 13.2. The lowest BCUT2D eigenvalue weighted by atomic mass is 9.89. The van der Waals surface area contributed by atoms with Gasteiger partial charge in [0.15, 0.2) is 17.2 Å². The number of nitrogens with zero attached hydrogens (tertiary/aromatic N) is 1. The van der Waals surface area contributed by atoms with Gasteiger partial charge in [-0.1, -0.05) is 20.3 Å². The van der Waals surface area contributed by atoms with E-state index >= 15 is 0 Å². The van der Waals surface area contributed by atoms with Gasteiger partial charge >= 0.3 is 11.9 Å². The first-order chi connectivity index (χ1) is 17.7. The predicted molar refractivity (Wildman–Crippen MR) is 133 cm³/mol. The van der Waals surface area contributed by atoms with Crippen molar-refractivity contribution in [1.29, 1.82) is 0 Å². The van der Waals surface area contributed by atoms with Gasteiger partial charge in [-0.15, -0.1) is 0 Å². The van der Waals surface area contributed by atoms with E-state index in [1.54, 1.807) is 7.11 Å². The number of pyridine rings is 1. The van der Waals surface area contributed by atoms with Crippen LogP contribution >= 0.6 is 0 Å². The van der Waals surface area contributed by atoms with Crippen LogP contribution in [0, 0.1) is 11.8 Å². The summed E-state index contributed by atoms with van der Waals surface area (Å²) >= 11 is 0. The number of hydrogen-bond donors (Lipinski definition) is 1. The number of cyclic esters (lactones) is 1. The van der Waals surface area contributed by atoms with E-state index in [2.05, 4.69) is 24.1 Å². The average Bonchev–Trinajstić information content (AvgIpc) is 2.89. The minimum Gasteiger partial charge on any atom is -0.493 e. The molecule has 37 heavy (non-hydrogen) atoms.